The number of aliphatic hydroxyl groups is 1. The maximum absolute atomic E-state index is 14.7. The Balaban J connectivity index is 0.000000827. The summed E-state index contributed by atoms with van der Waals surface area (Å²) in [7, 11) is 0. The first-order chi connectivity index (χ1) is 13.4. The third kappa shape index (κ3) is 5.99. The first-order valence-electron chi connectivity index (χ1n) is 9.88. The molecule has 2 N–H and O–H groups in total. The van der Waals surface area contributed by atoms with Gasteiger partial charge in [-0.2, -0.15) is 6.42 Å². The fourth-order valence-electron chi connectivity index (χ4n) is 4.30. The number of fused-ring (bicyclic) bond motifs is 2. The van der Waals surface area contributed by atoms with Gasteiger partial charge in [0, 0.05) is 11.7 Å². The zero-order valence-electron chi connectivity index (χ0n) is 17.3. The number of nitrogens with one attached hydrogen (secondary N) is 1. The van der Waals surface area contributed by atoms with Gasteiger partial charge in [0.1, 0.15) is 17.3 Å². The predicted molar refractivity (Wildman–Crippen MR) is 108 cm³/mol. The number of benzene rings is 1. The van der Waals surface area contributed by atoms with Crippen LogP contribution >= 0.6 is 11.6 Å². The second-order valence-corrected chi connectivity index (χ2v) is 8.88. The van der Waals surface area contributed by atoms with E-state index in [4.69, 9.17) is 16.7 Å². The fourth-order valence-corrected chi connectivity index (χ4v) is 4.47. The number of hydrogen-bond donors (Lipinski definition) is 2. The zero-order valence-corrected chi connectivity index (χ0v) is 20.6. The van der Waals surface area contributed by atoms with Crippen molar-refractivity contribution in [2.24, 2.45) is 11.3 Å². The van der Waals surface area contributed by atoms with Gasteiger partial charge >= 0.3 is 19.8 Å². The van der Waals surface area contributed by atoms with Gasteiger partial charge in [-0.05, 0) is 63.5 Å². The number of alkyl halides is 1. The minimum Gasteiger partial charge on any atom is -0.394 e. The molecule has 1 aromatic rings. The van der Waals surface area contributed by atoms with Gasteiger partial charge in [0.25, 0.3) is 0 Å². The monoisotopic (exact) mass is 623 g/mol. The van der Waals surface area contributed by atoms with Gasteiger partial charge in [0.15, 0.2) is 5.91 Å². The van der Waals surface area contributed by atoms with Crippen molar-refractivity contribution >= 4 is 17.5 Å². The minimum absolute atomic E-state index is 0. The van der Waals surface area contributed by atoms with E-state index in [-0.39, 0.29) is 49.3 Å². The number of amides is 1. The molecule has 2 bridgehead atoms. The molecule has 0 heterocycles. The molecule has 2 atom stereocenters. The first-order valence-corrected chi connectivity index (χ1v) is 10.3. The van der Waals surface area contributed by atoms with Crippen LogP contribution in [0, 0.1) is 36.8 Å². The van der Waals surface area contributed by atoms with Crippen LogP contribution in [0.1, 0.15) is 64.0 Å². The minimum atomic E-state index is -1.31. The largest absolute Gasteiger partial charge is 2.00 e. The molecule has 2 fully saturated rings. The Morgan fingerprint density at radius 3 is 2.23 bits per heavy atom. The summed E-state index contributed by atoms with van der Waals surface area (Å²) in [5, 5.41) is 10.6. The van der Waals surface area contributed by atoms with Crippen molar-refractivity contribution in [1.29, 1.82) is 0 Å². The van der Waals surface area contributed by atoms with Gasteiger partial charge in [-0.15, -0.1) is 5.92 Å². The quantitative estimate of drug-likeness (QED) is 0.337. The molecule has 0 aromatic heterocycles. The van der Waals surface area contributed by atoms with Gasteiger partial charge in [-0.25, -0.2) is 13.2 Å². The maximum Gasteiger partial charge on any atom is 2.00 e. The summed E-state index contributed by atoms with van der Waals surface area (Å²) in [5.74, 6) is -2.79. The molecule has 8 heteroatoms. The van der Waals surface area contributed by atoms with Crippen LogP contribution in [0.3, 0.4) is 0 Å². The molecule has 3 nitrogen and oxygen atoms in total. The smallest absolute Gasteiger partial charge is 0.394 e. The summed E-state index contributed by atoms with van der Waals surface area (Å²) >= 11 is 5.84. The Labute approximate surface area is 195 Å². The molecule has 1 amide bonds. The SMILES string of the molecule is CC(C)O.[CH2-]CC([CH2-])C(=O)NC(c1c(F)ccc(Cl)c1F)C12CCC(F)(CC1)C2.[Os+2]. The summed E-state index contributed by atoms with van der Waals surface area (Å²) in [6.07, 6.45) is 1.87. The van der Waals surface area contributed by atoms with Gasteiger partial charge in [0.05, 0.1) is 11.1 Å². The molecule has 2 aliphatic rings. The normalized spacial score (nSPS) is 26.5. The predicted octanol–water partition coefficient (Wildman–Crippen LogP) is 5.51. The van der Waals surface area contributed by atoms with E-state index in [0.717, 1.165) is 12.1 Å². The molecule has 2 aliphatic carbocycles. The first kappa shape index (κ1) is 27.4. The van der Waals surface area contributed by atoms with Crippen molar-refractivity contribution in [2.45, 2.75) is 70.2 Å². The van der Waals surface area contributed by atoms with E-state index in [1.165, 1.54) is 0 Å². The van der Waals surface area contributed by atoms with E-state index in [0.29, 0.717) is 25.7 Å². The van der Waals surface area contributed by atoms with Gasteiger partial charge < -0.3 is 24.3 Å². The number of carbonyl (C=O) groups is 1. The van der Waals surface area contributed by atoms with Crippen LogP contribution in [0.4, 0.5) is 13.2 Å². The molecule has 2 saturated carbocycles. The molecule has 3 rings (SSSR count). The van der Waals surface area contributed by atoms with Crippen molar-refractivity contribution in [3.63, 3.8) is 0 Å². The number of halogens is 4. The van der Waals surface area contributed by atoms with Gasteiger partial charge in [0.2, 0.25) is 0 Å². The summed E-state index contributed by atoms with van der Waals surface area (Å²) < 4.78 is 43.9. The van der Waals surface area contributed by atoms with Gasteiger partial charge in [-0.1, -0.05) is 11.6 Å². The summed E-state index contributed by atoms with van der Waals surface area (Å²) in [5.41, 5.74) is -2.31. The summed E-state index contributed by atoms with van der Waals surface area (Å²) in [6.45, 7) is 10.8. The molecule has 0 spiro atoms. The Hall–Kier alpha value is -0.634. The second-order valence-electron chi connectivity index (χ2n) is 8.47. The Kier molecular flexibility index (Phi) is 9.86. The average molecular weight is 622 g/mol. The van der Waals surface area contributed by atoms with Crippen molar-refractivity contribution in [2.75, 3.05) is 0 Å². The average Bonchev–Trinajstić information content (AvgIpc) is 3.17. The van der Waals surface area contributed by atoms with Crippen LogP contribution in [-0.4, -0.2) is 22.8 Å². The number of aliphatic hydroxyl groups excluding tert-OH is 1. The molecule has 0 radical (unpaired) electrons. The molecule has 0 aliphatic heterocycles. The third-order valence-corrected chi connectivity index (χ3v) is 6.09. The van der Waals surface area contributed by atoms with Crippen molar-refractivity contribution < 1.29 is 42.9 Å². The molecule has 2 unspecified atom stereocenters. The van der Waals surface area contributed by atoms with Crippen LogP contribution in [0.2, 0.25) is 5.02 Å². The van der Waals surface area contributed by atoms with E-state index in [1.54, 1.807) is 13.8 Å². The number of carbonyl (C=O) groups excluding carboxylic acids is 1. The van der Waals surface area contributed by atoms with Crippen LogP contribution in [0.5, 0.6) is 0 Å². The molecule has 0 saturated heterocycles. The van der Waals surface area contributed by atoms with Crippen LogP contribution in [0.15, 0.2) is 12.1 Å². The van der Waals surface area contributed by atoms with E-state index in [1.807, 2.05) is 0 Å². The number of hydrogen-bond acceptors (Lipinski definition) is 2. The summed E-state index contributed by atoms with van der Waals surface area (Å²) in [4.78, 5) is 12.4. The number of rotatable bonds is 5. The Morgan fingerprint density at radius 1 is 1.27 bits per heavy atom. The molecule has 30 heavy (non-hydrogen) atoms. The van der Waals surface area contributed by atoms with E-state index in [2.05, 4.69) is 19.2 Å². The van der Waals surface area contributed by atoms with Crippen molar-refractivity contribution in [1.82, 2.24) is 5.32 Å². The molecule has 170 valence electrons. The zero-order chi connectivity index (χ0) is 22.0. The molecular formula is C22H29ClF3NO2Os. The summed E-state index contributed by atoms with van der Waals surface area (Å²) in [6, 6.07) is 1.23. The molecular weight excluding hydrogens is 593 g/mol. The third-order valence-electron chi connectivity index (χ3n) is 5.80. The van der Waals surface area contributed by atoms with E-state index in [9.17, 15) is 18.0 Å². The van der Waals surface area contributed by atoms with Crippen molar-refractivity contribution in [3.8, 4) is 0 Å². The van der Waals surface area contributed by atoms with Crippen LogP contribution in [-0.2, 0) is 24.6 Å². The van der Waals surface area contributed by atoms with E-state index < -0.39 is 40.6 Å². The Morgan fingerprint density at radius 2 is 1.80 bits per heavy atom. The van der Waals surface area contributed by atoms with Crippen LogP contribution in [0.25, 0.3) is 0 Å². The standard InChI is InChI=1S/C19H21ClF3NO.C3H8O.Os/c1-3-11(2)17(25)24-16(14-13(21)5-4-12(20)15(14)22)18-6-8-19(23,10-18)9-7-18;1-3(2)4;/h4-5,11,16H,1-3,6-10H2,(H,24,25);3-4H,1-2H3;/q-2;;+2. The van der Waals surface area contributed by atoms with Gasteiger partial charge in [-0.3, -0.25) is 4.79 Å². The fraction of sp³-hybridized carbons (Fsp3) is 0.591. The maximum atomic E-state index is 14.7. The topological polar surface area (TPSA) is 49.3 Å². The second kappa shape index (κ2) is 10.8. The molecule has 1 aromatic carbocycles. The van der Waals surface area contributed by atoms with Crippen molar-refractivity contribution in [3.05, 3.63) is 48.2 Å². The Bertz CT molecular complexity index is 737. The van der Waals surface area contributed by atoms with Crippen LogP contribution < -0.4 is 5.32 Å². The van der Waals surface area contributed by atoms with E-state index >= 15 is 0 Å².